The van der Waals surface area contributed by atoms with Crippen LogP contribution in [0, 0.1) is 6.92 Å². The van der Waals surface area contributed by atoms with Crippen LogP contribution in [-0.2, 0) is 6.54 Å². The molecule has 1 fully saturated rings. The summed E-state index contributed by atoms with van der Waals surface area (Å²) < 4.78 is 6.37. The summed E-state index contributed by atoms with van der Waals surface area (Å²) in [5.41, 5.74) is 1.94. The van der Waals surface area contributed by atoms with Gasteiger partial charge in [-0.1, -0.05) is 18.2 Å². The molecule has 0 bridgehead atoms. The second-order valence-electron chi connectivity index (χ2n) is 7.61. The Morgan fingerprint density at radius 3 is 2.88 bits per heavy atom. The molecule has 0 saturated heterocycles. The van der Waals surface area contributed by atoms with Gasteiger partial charge in [-0.05, 0) is 38.7 Å². The summed E-state index contributed by atoms with van der Waals surface area (Å²) in [6, 6.07) is 7.96. The number of carbonyl (C=O) groups excluding carboxylic acids is 1. The lowest BCUT2D eigenvalue weighted by molar-refractivity contribution is 0.0377. The quantitative estimate of drug-likeness (QED) is 0.883. The van der Waals surface area contributed by atoms with Gasteiger partial charge >= 0.3 is 6.03 Å². The van der Waals surface area contributed by atoms with E-state index in [0.717, 1.165) is 42.1 Å². The first-order valence-electron chi connectivity index (χ1n) is 9.35. The van der Waals surface area contributed by atoms with Crippen LogP contribution in [0.5, 0.6) is 5.75 Å². The summed E-state index contributed by atoms with van der Waals surface area (Å²) in [5.74, 6) is 1.70. The SMILES string of the molecule is Cc1cnc(CN(C)C(=O)N[C@H]2CC3(CCCC3)Oc3ccccc32)[nH]1. The lowest BCUT2D eigenvalue weighted by Crippen LogP contribution is -2.46. The molecule has 2 aromatic rings. The number of nitrogens with one attached hydrogen (secondary N) is 2. The van der Waals surface area contributed by atoms with Crippen molar-refractivity contribution in [2.24, 2.45) is 0 Å². The molecular weight excluding hydrogens is 328 g/mol. The van der Waals surface area contributed by atoms with Gasteiger partial charge in [0, 0.05) is 30.9 Å². The fourth-order valence-corrected chi connectivity index (χ4v) is 4.18. The number of carbonyl (C=O) groups is 1. The molecule has 1 atom stereocenters. The van der Waals surface area contributed by atoms with Gasteiger partial charge in [0.05, 0.1) is 12.6 Å². The maximum Gasteiger partial charge on any atom is 0.318 e. The molecule has 2 N–H and O–H groups in total. The largest absolute Gasteiger partial charge is 0.487 e. The van der Waals surface area contributed by atoms with Crippen LogP contribution >= 0.6 is 0 Å². The van der Waals surface area contributed by atoms with E-state index in [0.29, 0.717) is 6.54 Å². The molecule has 2 aliphatic rings. The molecule has 1 saturated carbocycles. The van der Waals surface area contributed by atoms with Crippen LogP contribution in [0.1, 0.15) is 55.2 Å². The van der Waals surface area contributed by atoms with E-state index in [1.807, 2.05) is 25.1 Å². The third kappa shape index (κ3) is 3.28. The van der Waals surface area contributed by atoms with E-state index in [4.69, 9.17) is 4.74 Å². The number of fused-ring (bicyclic) bond motifs is 1. The molecule has 0 radical (unpaired) electrons. The van der Waals surface area contributed by atoms with Gasteiger partial charge in [-0.2, -0.15) is 0 Å². The number of rotatable bonds is 3. The molecule has 6 heteroatoms. The van der Waals surface area contributed by atoms with Gasteiger partial charge in [0.2, 0.25) is 0 Å². The molecule has 4 rings (SSSR count). The number of imidazole rings is 1. The summed E-state index contributed by atoms with van der Waals surface area (Å²) in [7, 11) is 1.80. The van der Waals surface area contributed by atoms with Crippen molar-refractivity contribution < 1.29 is 9.53 Å². The third-order valence-corrected chi connectivity index (χ3v) is 5.50. The molecule has 1 spiro atoms. The number of amides is 2. The lowest BCUT2D eigenvalue weighted by Gasteiger charge is -2.40. The minimum Gasteiger partial charge on any atom is -0.487 e. The molecule has 26 heavy (non-hydrogen) atoms. The topological polar surface area (TPSA) is 70.2 Å². The van der Waals surface area contributed by atoms with Crippen molar-refractivity contribution in [1.29, 1.82) is 0 Å². The summed E-state index contributed by atoms with van der Waals surface area (Å²) in [6.07, 6.45) is 7.13. The van der Waals surface area contributed by atoms with Gasteiger partial charge in [0.1, 0.15) is 17.2 Å². The monoisotopic (exact) mass is 354 g/mol. The number of aryl methyl sites for hydroxylation is 1. The van der Waals surface area contributed by atoms with Crippen LogP contribution in [0.2, 0.25) is 0 Å². The standard InChI is InChI=1S/C20H26N4O2/c1-14-12-21-18(22-14)13-24(2)19(25)23-16-11-20(9-5-6-10-20)26-17-8-4-3-7-15(16)17/h3-4,7-8,12,16H,5-6,9-11,13H2,1-2H3,(H,21,22)(H,23,25)/t16-/m0/s1. The van der Waals surface area contributed by atoms with Gasteiger partial charge in [-0.25, -0.2) is 9.78 Å². The molecule has 1 aliphatic heterocycles. The minimum absolute atomic E-state index is 0.0219. The Morgan fingerprint density at radius 1 is 1.38 bits per heavy atom. The fourth-order valence-electron chi connectivity index (χ4n) is 4.18. The van der Waals surface area contributed by atoms with E-state index in [1.165, 1.54) is 12.8 Å². The van der Waals surface area contributed by atoms with Crippen molar-refractivity contribution >= 4 is 6.03 Å². The van der Waals surface area contributed by atoms with E-state index in [1.54, 1.807) is 18.1 Å². The second-order valence-corrected chi connectivity index (χ2v) is 7.61. The molecule has 138 valence electrons. The number of urea groups is 1. The summed E-state index contributed by atoms with van der Waals surface area (Å²) >= 11 is 0. The number of hydrogen-bond donors (Lipinski definition) is 2. The zero-order valence-corrected chi connectivity index (χ0v) is 15.4. The van der Waals surface area contributed by atoms with Gasteiger partial charge in [0.15, 0.2) is 0 Å². The molecule has 1 aromatic heterocycles. The predicted octanol–water partition coefficient (Wildman–Crippen LogP) is 3.70. The zero-order chi connectivity index (χ0) is 18.1. The van der Waals surface area contributed by atoms with Crippen LogP contribution in [0.15, 0.2) is 30.5 Å². The number of ether oxygens (including phenoxy) is 1. The highest BCUT2D eigenvalue weighted by molar-refractivity contribution is 5.74. The van der Waals surface area contributed by atoms with Crippen molar-refractivity contribution in [3.8, 4) is 5.75 Å². The average molecular weight is 354 g/mol. The molecule has 0 unspecified atom stereocenters. The van der Waals surface area contributed by atoms with E-state index in [9.17, 15) is 4.79 Å². The molecule has 6 nitrogen and oxygen atoms in total. The number of nitrogens with zero attached hydrogens (tertiary/aromatic N) is 2. The fraction of sp³-hybridized carbons (Fsp3) is 0.500. The number of aromatic amines is 1. The van der Waals surface area contributed by atoms with Crippen molar-refractivity contribution in [1.82, 2.24) is 20.2 Å². The van der Waals surface area contributed by atoms with Gasteiger partial charge < -0.3 is 19.9 Å². The lowest BCUT2D eigenvalue weighted by atomic mass is 9.86. The van der Waals surface area contributed by atoms with Crippen LogP contribution in [-0.4, -0.2) is 33.5 Å². The normalized spacial score (nSPS) is 20.5. The summed E-state index contributed by atoms with van der Waals surface area (Å²) in [4.78, 5) is 21.9. The van der Waals surface area contributed by atoms with Crippen molar-refractivity contribution in [2.45, 2.75) is 57.2 Å². The Morgan fingerprint density at radius 2 is 2.15 bits per heavy atom. The Hall–Kier alpha value is -2.50. The summed E-state index contributed by atoms with van der Waals surface area (Å²) in [5, 5.41) is 3.22. The van der Waals surface area contributed by atoms with Crippen LogP contribution in [0.4, 0.5) is 4.79 Å². The van der Waals surface area contributed by atoms with Crippen LogP contribution in [0.25, 0.3) is 0 Å². The van der Waals surface area contributed by atoms with Gasteiger partial charge in [-0.3, -0.25) is 0 Å². The zero-order valence-electron chi connectivity index (χ0n) is 15.4. The number of H-pyrrole nitrogens is 1. The van der Waals surface area contributed by atoms with Crippen molar-refractivity contribution in [2.75, 3.05) is 7.05 Å². The minimum atomic E-state index is -0.122. The molecule has 2 amide bonds. The maximum atomic E-state index is 12.8. The highest BCUT2D eigenvalue weighted by Crippen LogP contribution is 2.47. The highest BCUT2D eigenvalue weighted by atomic mass is 16.5. The van der Waals surface area contributed by atoms with Gasteiger partial charge in [-0.15, -0.1) is 0 Å². The highest BCUT2D eigenvalue weighted by Gasteiger charge is 2.43. The smallest absolute Gasteiger partial charge is 0.318 e. The molecule has 2 heterocycles. The maximum absolute atomic E-state index is 12.8. The predicted molar refractivity (Wildman–Crippen MR) is 99.0 cm³/mol. The number of aromatic nitrogens is 2. The van der Waals surface area contributed by atoms with Crippen LogP contribution in [0.3, 0.4) is 0 Å². The molecular formula is C20H26N4O2. The third-order valence-electron chi connectivity index (χ3n) is 5.50. The van der Waals surface area contributed by atoms with E-state index >= 15 is 0 Å². The Bertz CT molecular complexity index is 795. The van der Waals surface area contributed by atoms with E-state index < -0.39 is 0 Å². The Labute approximate surface area is 154 Å². The van der Waals surface area contributed by atoms with Crippen molar-refractivity contribution in [3.63, 3.8) is 0 Å². The van der Waals surface area contributed by atoms with E-state index in [-0.39, 0.29) is 17.7 Å². The number of benzene rings is 1. The second kappa shape index (κ2) is 6.67. The first-order valence-corrected chi connectivity index (χ1v) is 9.35. The Kier molecular flexibility index (Phi) is 4.34. The van der Waals surface area contributed by atoms with Crippen LogP contribution < -0.4 is 10.1 Å². The summed E-state index contributed by atoms with van der Waals surface area (Å²) in [6.45, 7) is 2.41. The number of para-hydroxylation sites is 1. The van der Waals surface area contributed by atoms with Gasteiger partial charge in [0.25, 0.3) is 0 Å². The average Bonchev–Trinajstić information content (AvgIpc) is 3.24. The number of hydrogen-bond acceptors (Lipinski definition) is 3. The van der Waals surface area contributed by atoms with E-state index in [2.05, 4.69) is 21.4 Å². The first kappa shape index (κ1) is 16.9. The first-order chi connectivity index (χ1) is 12.5. The molecule has 1 aliphatic carbocycles. The molecule has 1 aromatic carbocycles. The van der Waals surface area contributed by atoms with Crippen molar-refractivity contribution in [3.05, 3.63) is 47.5 Å². The Balaban J connectivity index is 1.49.